The third-order valence-electron chi connectivity index (χ3n) is 5.05. The van der Waals surface area contributed by atoms with Gasteiger partial charge in [0.05, 0.1) is 12.8 Å². The number of piperazine rings is 1. The average Bonchev–Trinajstić information content (AvgIpc) is 3.41. The van der Waals surface area contributed by atoms with Crippen molar-refractivity contribution < 1.29 is 13.9 Å². The van der Waals surface area contributed by atoms with Gasteiger partial charge in [-0.2, -0.15) is 0 Å². The number of hydrogen-bond donors (Lipinski definition) is 0. The Kier molecular flexibility index (Phi) is 6.13. The van der Waals surface area contributed by atoms with Crippen LogP contribution in [0.5, 0.6) is 5.75 Å². The van der Waals surface area contributed by atoms with Crippen molar-refractivity contribution in [2.75, 3.05) is 26.2 Å². The number of hydrogen-bond acceptors (Lipinski definition) is 6. The van der Waals surface area contributed by atoms with Crippen LogP contribution in [-0.2, 0) is 11.3 Å². The number of furan rings is 1. The summed E-state index contributed by atoms with van der Waals surface area (Å²) >= 11 is 7.55. The second-order valence-corrected chi connectivity index (χ2v) is 9.12. The Morgan fingerprint density at radius 1 is 1.20 bits per heavy atom. The summed E-state index contributed by atoms with van der Waals surface area (Å²) in [6.07, 6.45) is 1.66. The van der Waals surface area contributed by atoms with Crippen LogP contribution in [-0.4, -0.2) is 52.5 Å². The normalized spacial score (nSPS) is 15.4. The van der Waals surface area contributed by atoms with E-state index in [0.29, 0.717) is 23.9 Å². The number of carbonyl (C=O) groups is 1. The zero-order valence-corrected chi connectivity index (χ0v) is 18.6. The van der Waals surface area contributed by atoms with Crippen molar-refractivity contribution in [3.63, 3.8) is 0 Å². The van der Waals surface area contributed by atoms with E-state index in [1.54, 1.807) is 41.9 Å². The molecule has 3 aromatic rings. The SMILES string of the molecule is CC(C)(Oc1ccc(Cl)cc1)C(=O)N1CCN(Cc2nc(-c3ccco3)cs2)CC1. The molecule has 1 saturated heterocycles. The molecule has 2 aromatic heterocycles. The Morgan fingerprint density at radius 3 is 2.60 bits per heavy atom. The molecule has 1 amide bonds. The van der Waals surface area contributed by atoms with Gasteiger partial charge in [0.1, 0.15) is 16.5 Å². The molecular formula is C22H24ClN3O3S. The Bertz CT molecular complexity index is 977. The van der Waals surface area contributed by atoms with Crippen molar-refractivity contribution in [3.05, 3.63) is 58.1 Å². The molecule has 0 atom stereocenters. The molecule has 0 bridgehead atoms. The van der Waals surface area contributed by atoms with Gasteiger partial charge in [0, 0.05) is 36.6 Å². The highest BCUT2D eigenvalue weighted by Crippen LogP contribution is 2.25. The summed E-state index contributed by atoms with van der Waals surface area (Å²) < 4.78 is 11.4. The minimum atomic E-state index is -0.941. The zero-order chi connectivity index (χ0) is 21.1. The quantitative estimate of drug-likeness (QED) is 0.556. The van der Waals surface area contributed by atoms with Crippen molar-refractivity contribution in [2.24, 2.45) is 0 Å². The lowest BCUT2D eigenvalue weighted by Gasteiger charge is -2.38. The van der Waals surface area contributed by atoms with Gasteiger partial charge in [0.2, 0.25) is 0 Å². The first kappa shape index (κ1) is 20.9. The molecule has 1 aliphatic rings. The van der Waals surface area contributed by atoms with E-state index in [1.807, 2.05) is 36.3 Å². The van der Waals surface area contributed by atoms with Crippen LogP contribution < -0.4 is 4.74 Å². The van der Waals surface area contributed by atoms with Crippen LogP contribution in [0.1, 0.15) is 18.9 Å². The fourth-order valence-electron chi connectivity index (χ4n) is 3.44. The van der Waals surface area contributed by atoms with Gasteiger partial charge in [0.15, 0.2) is 11.4 Å². The topological polar surface area (TPSA) is 58.8 Å². The Hall–Kier alpha value is -2.35. The molecule has 3 heterocycles. The molecule has 6 nitrogen and oxygen atoms in total. The fraction of sp³-hybridized carbons (Fsp3) is 0.364. The molecule has 158 valence electrons. The molecule has 30 heavy (non-hydrogen) atoms. The first-order valence-electron chi connectivity index (χ1n) is 9.85. The van der Waals surface area contributed by atoms with Gasteiger partial charge < -0.3 is 14.1 Å². The van der Waals surface area contributed by atoms with E-state index in [-0.39, 0.29) is 5.91 Å². The summed E-state index contributed by atoms with van der Waals surface area (Å²) in [5.41, 5.74) is -0.0709. The molecule has 0 saturated carbocycles. The summed E-state index contributed by atoms with van der Waals surface area (Å²) in [4.78, 5) is 21.9. The smallest absolute Gasteiger partial charge is 0.266 e. The Balaban J connectivity index is 1.30. The number of amides is 1. The maximum atomic E-state index is 13.0. The van der Waals surface area contributed by atoms with Crippen LogP contribution >= 0.6 is 22.9 Å². The Morgan fingerprint density at radius 2 is 1.93 bits per heavy atom. The molecule has 1 aliphatic heterocycles. The standard InChI is InChI=1S/C22H24ClN3O3S/c1-22(2,29-17-7-5-16(23)6-8-17)21(27)26-11-9-25(10-12-26)14-20-24-18(15-30-20)19-4-3-13-28-19/h3-8,13,15H,9-12,14H2,1-2H3. The van der Waals surface area contributed by atoms with Crippen molar-refractivity contribution in [2.45, 2.75) is 26.0 Å². The second-order valence-electron chi connectivity index (χ2n) is 7.74. The van der Waals surface area contributed by atoms with Crippen LogP contribution in [0, 0.1) is 0 Å². The van der Waals surface area contributed by atoms with Crippen molar-refractivity contribution >= 4 is 28.8 Å². The molecule has 0 unspecified atom stereocenters. The van der Waals surface area contributed by atoms with Crippen LogP contribution in [0.15, 0.2) is 52.5 Å². The highest BCUT2D eigenvalue weighted by atomic mass is 35.5. The summed E-state index contributed by atoms with van der Waals surface area (Å²) in [5, 5.41) is 3.71. The van der Waals surface area contributed by atoms with Gasteiger partial charge in [-0.05, 0) is 50.2 Å². The fourth-order valence-corrected chi connectivity index (χ4v) is 4.39. The summed E-state index contributed by atoms with van der Waals surface area (Å²) in [7, 11) is 0. The van der Waals surface area contributed by atoms with Gasteiger partial charge in [-0.3, -0.25) is 9.69 Å². The Labute approximate surface area is 185 Å². The van der Waals surface area contributed by atoms with E-state index in [2.05, 4.69) is 9.88 Å². The molecule has 0 radical (unpaired) electrons. The number of nitrogens with zero attached hydrogens (tertiary/aromatic N) is 3. The molecule has 1 fully saturated rings. The predicted octanol–water partition coefficient (Wildman–Crippen LogP) is 4.56. The number of benzene rings is 1. The maximum Gasteiger partial charge on any atom is 0.266 e. The van der Waals surface area contributed by atoms with E-state index in [9.17, 15) is 4.79 Å². The number of carbonyl (C=O) groups excluding carboxylic acids is 1. The summed E-state index contributed by atoms with van der Waals surface area (Å²) in [6, 6.07) is 10.8. The first-order chi connectivity index (χ1) is 14.4. The van der Waals surface area contributed by atoms with Gasteiger partial charge in [-0.15, -0.1) is 11.3 Å². The zero-order valence-electron chi connectivity index (χ0n) is 17.0. The average molecular weight is 446 g/mol. The third-order valence-corrected chi connectivity index (χ3v) is 6.13. The molecule has 0 N–H and O–H groups in total. The molecule has 0 spiro atoms. The van der Waals surface area contributed by atoms with Gasteiger partial charge in [0.25, 0.3) is 5.91 Å². The predicted molar refractivity (Wildman–Crippen MR) is 118 cm³/mol. The van der Waals surface area contributed by atoms with Gasteiger partial charge >= 0.3 is 0 Å². The largest absolute Gasteiger partial charge is 0.478 e. The number of rotatable bonds is 6. The lowest BCUT2D eigenvalue weighted by molar-refractivity contribution is -0.147. The summed E-state index contributed by atoms with van der Waals surface area (Å²) in [6.45, 7) is 7.34. The minimum absolute atomic E-state index is 0.00791. The molecule has 8 heteroatoms. The maximum absolute atomic E-state index is 13.0. The third kappa shape index (κ3) is 4.86. The number of thiazole rings is 1. The highest BCUT2D eigenvalue weighted by molar-refractivity contribution is 7.09. The van der Waals surface area contributed by atoms with Crippen LogP contribution in [0.3, 0.4) is 0 Å². The van der Waals surface area contributed by atoms with Crippen LogP contribution in [0.25, 0.3) is 11.5 Å². The van der Waals surface area contributed by atoms with Crippen LogP contribution in [0.4, 0.5) is 0 Å². The monoisotopic (exact) mass is 445 g/mol. The van der Waals surface area contributed by atoms with Crippen LogP contribution in [0.2, 0.25) is 5.02 Å². The lowest BCUT2D eigenvalue weighted by atomic mass is 10.1. The second kappa shape index (κ2) is 8.79. The van der Waals surface area contributed by atoms with E-state index < -0.39 is 5.60 Å². The molecular weight excluding hydrogens is 422 g/mol. The highest BCUT2D eigenvalue weighted by Gasteiger charge is 2.35. The molecule has 4 rings (SSSR count). The van der Waals surface area contributed by atoms with E-state index in [1.165, 1.54) is 0 Å². The van der Waals surface area contributed by atoms with Crippen molar-refractivity contribution in [1.29, 1.82) is 0 Å². The van der Waals surface area contributed by atoms with E-state index in [4.69, 9.17) is 20.8 Å². The van der Waals surface area contributed by atoms with Gasteiger partial charge in [-0.1, -0.05) is 11.6 Å². The molecule has 1 aromatic carbocycles. The summed E-state index contributed by atoms with van der Waals surface area (Å²) in [5.74, 6) is 1.41. The number of aromatic nitrogens is 1. The van der Waals surface area contributed by atoms with E-state index in [0.717, 1.165) is 36.1 Å². The number of halogens is 1. The van der Waals surface area contributed by atoms with E-state index >= 15 is 0 Å². The van der Waals surface area contributed by atoms with Gasteiger partial charge in [-0.25, -0.2) is 4.98 Å². The lowest BCUT2D eigenvalue weighted by Crippen LogP contribution is -2.55. The van der Waals surface area contributed by atoms with Crippen molar-refractivity contribution in [3.8, 4) is 17.2 Å². The number of ether oxygens (including phenoxy) is 1. The van der Waals surface area contributed by atoms with Crippen molar-refractivity contribution in [1.82, 2.24) is 14.8 Å². The minimum Gasteiger partial charge on any atom is -0.478 e. The molecule has 0 aliphatic carbocycles. The first-order valence-corrected chi connectivity index (χ1v) is 11.1.